The van der Waals surface area contributed by atoms with Crippen LogP contribution in [0.5, 0.6) is 5.75 Å². The number of esters is 1. The van der Waals surface area contributed by atoms with Gasteiger partial charge in [0.05, 0.1) is 35.4 Å². The van der Waals surface area contributed by atoms with Crippen LogP contribution in [0, 0.1) is 5.82 Å². The smallest absolute Gasteiger partial charge is 0.431 e. The van der Waals surface area contributed by atoms with Gasteiger partial charge in [-0.1, -0.05) is 41.6 Å². The fraction of sp³-hybridized carbons (Fsp3) is 0.296. The summed E-state index contributed by atoms with van der Waals surface area (Å²) in [5.41, 5.74) is -4.68. The van der Waals surface area contributed by atoms with E-state index >= 15 is 4.39 Å². The Morgan fingerprint density at radius 2 is 1.84 bits per heavy atom. The van der Waals surface area contributed by atoms with Gasteiger partial charge >= 0.3 is 17.8 Å². The number of aromatic nitrogens is 2. The lowest BCUT2D eigenvalue weighted by molar-refractivity contribution is -0.146. The van der Waals surface area contributed by atoms with E-state index in [2.05, 4.69) is 4.99 Å². The number of rotatable bonds is 8. The van der Waals surface area contributed by atoms with Crippen LogP contribution in [0.3, 0.4) is 0 Å². The molecule has 0 N–H and O–H groups in total. The van der Waals surface area contributed by atoms with Crippen LogP contribution in [0.15, 0.2) is 57.0 Å². The maximum Gasteiger partial charge on any atom is 0.431 e. The third-order valence-corrected chi connectivity index (χ3v) is 7.77. The molecule has 0 radical (unpaired) electrons. The van der Waals surface area contributed by atoms with Gasteiger partial charge in [-0.3, -0.25) is 23.9 Å². The minimum absolute atomic E-state index is 0.0231. The summed E-state index contributed by atoms with van der Waals surface area (Å²) in [6, 6.07) is 8.79. The topological polar surface area (TPSA) is 112 Å². The minimum Gasteiger partial charge on any atom is -0.496 e. The summed E-state index contributed by atoms with van der Waals surface area (Å²) in [4.78, 5) is 56.5. The Morgan fingerprint density at radius 1 is 1.14 bits per heavy atom. The zero-order chi connectivity index (χ0) is 31.6. The van der Waals surface area contributed by atoms with Crippen molar-refractivity contribution < 1.29 is 36.6 Å². The number of aliphatic imine (C=N–C) groups is 1. The second kappa shape index (κ2) is 12.6. The third kappa shape index (κ3) is 6.62. The summed E-state index contributed by atoms with van der Waals surface area (Å²) in [6.45, 7) is 1.13. The molecule has 43 heavy (non-hydrogen) atoms. The standard InChI is InChI=1S/C27H23ClF4N4O6S/c1-4-42-23(38)13-35-24(39)20(9-14-7-5-6-8-19(14)41-3)43-25(35)33-17-11-18(16(29)10-15(17)28)36-22(37)12-21(27(30,31)32)34(2)26(36)40/h5-8,10-12,20H,4,9,13H2,1-3H3. The van der Waals surface area contributed by atoms with Crippen molar-refractivity contribution in [2.45, 2.75) is 24.8 Å². The molecule has 1 atom stereocenters. The second-order valence-electron chi connectivity index (χ2n) is 9.04. The predicted octanol–water partition coefficient (Wildman–Crippen LogP) is 4.09. The summed E-state index contributed by atoms with van der Waals surface area (Å²) in [7, 11) is 2.26. The summed E-state index contributed by atoms with van der Waals surface area (Å²) >= 11 is 7.20. The molecular formula is C27H23ClF4N4O6S. The Labute approximate surface area is 250 Å². The monoisotopic (exact) mass is 642 g/mol. The van der Waals surface area contributed by atoms with E-state index in [0.29, 0.717) is 11.3 Å². The molecule has 1 aliphatic heterocycles. The van der Waals surface area contributed by atoms with Gasteiger partial charge < -0.3 is 9.47 Å². The molecule has 1 saturated heterocycles. The average Bonchev–Trinajstić information content (AvgIpc) is 3.21. The van der Waals surface area contributed by atoms with Gasteiger partial charge in [0, 0.05) is 13.1 Å². The highest BCUT2D eigenvalue weighted by Gasteiger charge is 2.40. The van der Waals surface area contributed by atoms with Crippen molar-refractivity contribution >= 4 is 46.1 Å². The van der Waals surface area contributed by atoms with Gasteiger partial charge in [0.2, 0.25) is 5.91 Å². The Bertz CT molecular complexity index is 1740. The van der Waals surface area contributed by atoms with E-state index in [0.717, 1.165) is 35.8 Å². The van der Waals surface area contributed by atoms with Crippen molar-refractivity contribution in [2.75, 3.05) is 20.3 Å². The first-order valence-corrected chi connectivity index (χ1v) is 13.8. The molecule has 0 saturated carbocycles. The Morgan fingerprint density at radius 3 is 2.49 bits per heavy atom. The van der Waals surface area contributed by atoms with Crippen LogP contribution in [-0.4, -0.2) is 56.6 Å². The molecule has 0 spiro atoms. The number of carbonyl (C=O) groups is 2. The zero-order valence-corrected chi connectivity index (χ0v) is 24.3. The lowest BCUT2D eigenvalue weighted by Crippen LogP contribution is -2.41. The van der Waals surface area contributed by atoms with Crippen LogP contribution in [-0.2, 0) is 34.0 Å². The molecule has 2 aromatic carbocycles. The van der Waals surface area contributed by atoms with E-state index in [4.69, 9.17) is 21.1 Å². The number of amides is 1. The minimum atomic E-state index is -5.02. The molecule has 1 fully saturated rings. The summed E-state index contributed by atoms with van der Waals surface area (Å²) in [5.74, 6) is -1.88. The molecular weight excluding hydrogens is 620 g/mol. The van der Waals surface area contributed by atoms with Crippen LogP contribution in [0.25, 0.3) is 5.69 Å². The Balaban J connectivity index is 1.81. The number of thioether (sulfide) groups is 1. The van der Waals surface area contributed by atoms with E-state index < -0.39 is 58.3 Å². The first-order chi connectivity index (χ1) is 20.3. The number of hydrogen-bond acceptors (Lipinski definition) is 8. The number of ether oxygens (including phenoxy) is 2. The van der Waals surface area contributed by atoms with Crippen molar-refractivity contribution in [3.05, 3.63) is 85.4 Å². The molecule has 4 rings (SSSR count). The number of benzene rings is 2. The molecule has 1 amide bonds. The number of amidine groups is 1. The van der Waals surface area contributed by atoms with Crippen molar-refractivity contribution in [2.24, 2.45) is 12.0 Å². The number of nitrogens with zero attached hydrogens (tertiary/aromatic N) is 4. The first kappa shape index (κ1) is 31.8. The highest BCUT2D eigenvalue weighted by molar-refractivity contribution is 8.15. The molecule has 10 nitrogen and oxygen atoms in total. The SMILES string of the molecule is CCOC(=O)CN1C(=O)C(Cc2ccccc2OC)SC1=Nc1cc(-n2c(=O)cc(C(F)(F)F)n(C)c2=O)c(F)cc1Cl. The highest BCUT2D eigenvalue weighted by atomic mass is 35.5. The van der Waals surface area contributed by atoms with Crippen molar-refractivity contribution in [1.29, 1.82) is 0 Å². The van der Waals surface area contributed by atoms with Crippen molar-refractivity contribution in [3.63, 3.8) is 0 Å². The van der Waals surface area contributed by atoms with E-state index in [1.54, 1.807) is 31.2 Å². The lowest BCUT2D eigenvalue weighted by Gasteiger charge is -2.16. The summed E-state index contributed by atoms with van der Waals surface area (Å²) in [6.07, 6.45) is -4.83. The molecule has 16 heteroatoms. The van der Waals surface area contributed by atoms with Gasteiger partial charge in [-0.05, 0) is 37.1 Å². The molecule has 2 heterocycles. The highest BCUT2D eigenvalue weighted by Crippen LogP contribution is 2.36. The molecule has 3 aromatic rings. The molecule has 0 bridgehead atoms. The van der Waals surface area contributed by atoms with Gasteiger partial charge in [0.25, 0.3) is 5.56 Å². The van der Waals surface area contributed by atoms with Gasteiger partial charge in [0.1, 0.15) is 23.8 Å². The molecule has 228 valence electrons. The Hall–Kier alpha value is -4.11. The lowest BCUT2D eigenvalue weighted by atomic mass is 10.1. The van der Waals surface area contributed by atoms with E-state index in [9.17, 15) is 32.3 Å². The molecule has 0 aliphatic carbocycles. The zero-order valence-electron chi connectivity index (χ0n) is 22.8. The quantitative estimate of drug-likeness (QED) is 0.269. The molecule has 1 aromatic heterocycles. The number of hydrogen-bond donors (Lipinski definition) is 0. The maximum atomic E-state index is 15.0. The van der Waals surface area contributed by atoms with Gasteiger partial charge in [-0.25, -0.2) is 18.7 Å². The normalized spacial score (nSPS) is 16.2. The van der Waals surface area contributed by atoms with Crippen molar-refractivity contribution in [3.8, 4) is 11.4 Å². The second-order valence-corrected chi connectivity index (χ2v) is 10.6. The molecule has 1 unspecified atom stereocenters. The summed E-state index contributed by atoms with van der Waals surface area (Å²) < 4.78 is 65.6. The predicted molar refractivity (Wildman–Crippen MR) is 151 cm³/mol. The fourth-order valence-electron chi connectivity index (χ4n) is 4.28. The number of para-hydroxylation sites is 1. The van der Waals surface area contributed by atoms with Crippen LogP contribution in [0.1, 0.15) is 18.2 Å². The van der Waals surface area contributed by atoms with Gasteiger partial charge in [-0.2, -0.15) is 13.2 Å². The van der Waals surface area contributed by atoms with Crippen LogP contribution >= 0.6 is 23.4 Å². The average molecular weight is 643 g/mol. The first-order valence-electron chi connectivity index (χ1n) is 12.5. The Kier molecular flexibility index (Phi) is 9.35. The summed E-state index contributed by atoms with van der Waals surface area (Å²) in [5, 5.41) is -1.10. The fourth-order valence-corrected chi connectivity index (χ4v) is 5.65. The van der Waals surface area contributed by atoms with E-state index in [1.807, 2.05) is 0 Å². The number of carbonyl (C=O) groups excluding carboxylic acids is 2. The van der Waals surface area contributed by atoms with E-state index in [1.165, 1.54) is 7.11 Å². The van der Waals surface area contributed by atoms with Crippen LogP contribution in [0.4, 0.5) is 23.2 Å². The van der Waals surface area contributed by atoms with Crippen LogP contribution < -0.4 is 16.0 Å². The largest absolute Gasteiger partial charge is 0.496 e. The van der Waals surface area contributed by atoms with E-state index in [-0.39, 0.29) is 44.1 Å². The number of halogens is 5. The van der Waals surface area contributed by atoms with Crippen molar-refractivity contribution in [1.82, 2.24) is 14.0 Å². The molecule has 1 aliphatic rings. The van der Waals surface area contributed by atoms with Gasteiger partial charge in [-0.15, -0.1) is 0 Å². The number of alkyl halides is 3. The number of methoxy groups -OCH3 is 1. The maximum absolute atomic E-state index is 15.0. The van der Waals surface area contributed by atoms with Crippen LogP contribution in [0.2, 0.25) is 5.02 Å². The third-order valence-electron chi connectivity index (χ3n) is 6.29. The van der Waals surface area contributed by atoms with Gasteiger partial charge in [0.15, 0.2) is 5.17 Å².